The van der Waals surface area contributed by atoms with E-state index in [4.69, 9.17) is 0 Å². The van der Waals surface area contributed by atoms with Crippen molar-refractivity contribution < 1.29 is 9.90 Å². The van der Waals surface area contributed by atoms with Crippen molar-refractivity contribution in [1.29, 1.82) is 0 Å². The molecule has 1 unspecified atom stereocenters. The minimum Gasteiger partial charge on any atom is -0.476 e. The summed E-state index contributed by atoms with van der Waals surface area (Å²) in [5.41, 5.74) is 1.33. The second-order valence-corrected chi connectivity index (χ2v) is 5.55. The Morgan fingerprint density at radius 2 is 2.10 bits per heavy atom. The molecule has 0 saturated carbocycles. The van der Waals surface area contributed by atoms with E-state index in [1.54, 1.807) is 11.8 Å². The Labute approximate surface area is 122 Å². The number of anilines is 1. The first kappa shape index (κ1) is 14.6. The van der Waals surface area contributed by atoms with Crippen molar-refractivity contribution in [2.24, 2.45) is 0 Å². The van der Waals surface area contributed by atoms with Crippen molar-refractivity contribution >= 4 is 34.3 Å². The highest BCUT2D eigenvalue weighted by atomic mass is 32.2. The summed E-state index contributed by atoms with van der Waals surface area (Å²) in [6, 6.07) is 7.67. The predicted molar refractivity (Wildman–Crippen MR) is 82.7 cm³/mol. The van der Waals surface area contributed by atoms with Gasteiger partial charge in [-0.25, -0.2) is 4.79 Å². The molecular formula is C14H17N3O2S. The van der Waals surface area contributed by atoms with Gasteiger partial charge < -0.3 is 10.0 Å². The van der Waals surface area contributed by atoms with Gasteiger partial charge in [-0.15, -0.1) is 10.2 Å². The van der Waals surface area contributed by atoms with E-state index in [0.717, 1.165) is 11.1 Å². The molecule has 2 rings (SSSR count). The fraction of sp³-hybridized carbons (Fsp3) is 0.357. The molecule has 20 heavy (non-hydrogen) atoms. The molecule has 5 nitrogen and oxygen atoms in total. The first-order valence-electron chi connectivity index (χ1n) is 6.26. The minimum absolute atomic E-state index is 0.000784. The van der Waals surface area contributed by atoms with Gasteiger partial charge >= 0.3 is 5.97 Å². The fourth-order valence-electron chi connectivity index (χ4n) is 2.11. The predicted octanol–water partition coefficient (Wildman–Crippen LogP) is 2.52. The number of aromatic nitrogens is 2. The maximum absolute atomic E-state index is 11.4. The van der Waals surface area contributed by atoms with Gasteiger partial charge in [-0.2, -0.15) is 11.8 Å². The molecule has 0 amide bonds. The number of aromatic carboxylic acids is 1. The Morgan fingerprint density at radius 3 is 2.75 bits per heavy atom. The van der Waals surface area contributed by atoms with E-state index in [-0.39, 0.29) is 11.7 Å². The molecule has 1 aromatic carbocycles. The van der Waals surface area contributed by atoms with Crippen molar-refractivity contribution in [1.82, 2.24) is 10.2 Å². The Hall–Kier alpha value is -1.82. The smallest absolute Gasteiger partial charge is 0.358 e. The number of carboxylic acid groups (broad SMARTS) is 1. The first-order valence-corrected chi connectivity index (χ1v) is 7.66. The third kappa shape index (κ3) is 2.70. The Balaban J connectivity index is 2.63. The van der Waals surface area contributed by atoms with Crippen LogP contribution < -0.4 is 4.90 Å². The minimum atomic E-state index is -1.05. The van der Waals surface area contributed by atoms with Crippen molar-refractivity contribution in [3.8, 4) is 0 Å². The van der Waals surface area contributed by atoms with Crippen LogP contribution in [-0.2, 0) is 0 Å². The van der Waals surface area contributed by atoms with Gasteiger partial charge in [-0.1, -0.05) is 18.2 Å². The molecule has 0 aliphatic carbocycles. The second-order valence-electron chi connectivity index (χ2n) is 4.63. The Morgan fingerprint density at radius 1 is 1.40 bits per heavy atom. The van der Waals surface area contributed by atoms with E-state index < -0.39 is 5.97 Å². The van der Waals surface area contributed by atoms with Gasteiger partial charge in [0.15, 0.2) is 5.69 Å². The maximum atomic E-state index is 11.4. The monoisotopic (exact) mass is 291 g/mol. The van der Waals surface area contributed by atoms with Crippen molar-refractivity contribution in [3.63, 3.8) is 0 Å². The average molecular weight is 291 g/mol. The number of rotatable bonds is 5. The zero-order valence-corrected chi connectivity index (χ0v) is 12.5. The second kappa shape index (κ2) is 6.09. The molecule has 0 fully saturated rings. The van der Waals surface area contributed by atoms with E-state index in [9.17, 15) is 9.90 Å². The maximum Gasteiger partial charge on any atom is 0.358 e. The Bertz CT molecular complexity index is 633. The summed E-state index contributed by atoms with van der Waals surface area (Å²) in [5.74, 6) is -0.145. The van der Waals surface area contributed by atoms with Crippen LogP contribution in [0.2, 0.25) is 0 Å². The van der Waals surface area contributed by atoms with Crippen molar-refractivity contribution in [2.45, 2.75) is 13.0 Å². The van der Waals surface area contributed by atoms with Crippen LogP contribution in [0.1, 0.15) is 17.4 Å². The average Bonchev–Trinajstić information content (AvgIpc) is 2.45. The number of thioether (sulfide) groups is 1. The molecule has 0 saturated heterocycles. The molecule has 0 radical (unpaired) electrons. The molecule has 106 valence electrons. The van der Waals surface area contributed by atoms with Gasteiger partial charge in [0.05, 0.1) is 11.2 Å². The van der Waals surface area contributed by atoms with Gasteiger partial charge in [0.1, 0.15) is 0 Å². The van der Waals surface area contributed by atoms with Crippen LogP contribution in [0.5, 0.6) is 0 Å². The lowest BCUT2D eigenvalue weighted by molar-refractivity contribution is 0.0690. The lowest BCUT2D eigenvalue weighted by Crippen LogP contribution is -2.32. The van der Waals surface area contributed by atoms with Gasteiger partial charge in [-0.05, 0) is 19.2 Å². The molecule has 0 aliphatic rings. The molecule has 1 atom stereocenters. The van der Waals surface area contributed by atoms with Crippen molar-refractivity contribution in [3.05, 3.63) is 30.0 Å². The van der Waals surface area contributed by atoms with Crippen LogP contribution in [0.15, 0.2) is 24.3 Å². The Kier molecular flexibility index (Phi) is 4.44. The third-order valence-electron chi connectivity index (χ3n) is 3.27. The normalized spacial score (nSPS) is 12.3. The highest BCUT2D eigenvalue weighted by Crippen LogP contribution is 2.29. The summed E-state index contributed by atoms with van der Waals surface area (Å²) < 4.78 is 0. The SMILES string of the molecule is CSCC(C)N(C)c1c(C(=O)O)nnc2ccccc12. The summed E-state index contributed by atoms with van der Waals surface area (Å²) >= 11 is 1.73. The lowest BCUT2D eigenvalue weighted by atomic mass is 10.1. The van der Waals surface area contributed by atoms with E-state index in [1.807, 2.05) is 42.5 Å². The molecule has 1 aromatic heterocycles. The third-order valence-corrected chi connectivity index (χ3v) is 4.08. The van der Waals surface area contributed by atoms with E-state index >= 15 is 0 Å². The quantitative estimate of drug-likeness (QED) is 0.913. The molecule has 2 aromatic rings. The van der Waals surface area contributed by atoms with E-state index in [1.165, 1.54) is 0 Å². The van der Waals surface area contributed by atoms with E-state index in [2.05, 4.69) is 17.1 Å². The van der Waals surface area contributed by atoms with Crippen LogP contribution >= 0.6 is 11.8 Å². The number of hydrogen-bond donors (Lipinski definition) is 1. The largest absolute Gasteiger partial charge is 0.476 e. The summed E-state index contributed by atoms with van der Waals surface area (Å²) in [4.78, 5) is 13.4. The zero-order valence-electron chi connectivity index (χ0n) is 11.7. The molecule has 0 spiro atoms. The fourth-order valence-corrected chi connectivity index (χ4v) is 2.82. The number of nitrogens with zero attached hydrogens (tertiary/aromatic N) is 3. The van der Waals surface area contributed by atoms with Gasteiger partial charge in [0.25, 0.3) is 0 Å². The molecular weight excluding hydrogens is 274 g/mol. The topological polar surface area (TPSA) is 66.3 Å². The summed E-state index contributed by atoms with van der Waals surface area (Å²) in [5, 5.41) is 18.0. The summed E-state index contributed by atoms with van der Waals surface area (Å²) in [7, 11) is 1.90. The number of carboxylic acids is 1. The van der Waals surface area contributed by atoms with Crippen molar-refractivity contribution in [2.75, 3.05) is 24.0 Å². The number of benzene rings is 1. The number of carbonyl (C=O) groups is 1. The molecule has 1 N–H and O–H groups in total. The standard InChI is InChI=1S/C14H17N3O2S/c1-9(8-20-3)17(2)13-10-6-4-5-7-11(10)15-16-12(13)14(18)19/h4-7,9H,8H2,1-3H3,(H,18,19). The van der Waals surface area contributed by atoms with Crippen LogP contribution in [-0.4, -0.2) is 46.4 Å². The zero-order chi connectivity index (χ0) is 14.7. The first-order chi connectivity index (χ1) is 9.56. The molecule has 0 bridgehead atoms. The van der Waals surface area contributed by atoms with Crippen LogP contribution in [0, 0.1) is 0 Å². The highest BCUT2D eigenvalue weighted by molar-refractivity contribution is 7.98. The van der Waals surface area contributed by atoms with Gasteiger partial charge in [0, 0.05) is 24.2 Å². The molecule has 6 heteroatoms. The molecule has 1 heterocycles. The summed E-state index contributed by atoms with van der Waals surface area (Å²) in [6.45, 7) is 2.07. The number of fused-ring (bicyclic) bond motifs is 1. The highest BCUT2D eigenvalue weighted by Gasteiger charge is 2.22. The lowest BCUT2D eigenvalue weighted by Gasteiger charge is -2.28. The van der Waals surface area contributed by atoms with Crippen LogP contribution in [0.4, 0.5) is 5.69 Å². The molecule has 0 aliphatic heterocycles. The van der Waals surface area contributed by atoms with Crippen LogP contribution in [0.3, 0.4) is 0 Å². The summed E-state index contributed by atoms with van der Waals surface area (Å²) in [6.07, 6.45) is 2.03. The van der Waals surface area contributed by atoms with Gasteiger partial charge in [-0.3, -0.25) is 0 Å². The number of hydrogen-bond acceptors (Lipinski definition) is 5. The van der Waals surface area contributed by atoms with Crippen LogP contribution in [0.25, 0.3) is 10.9 Å². The van der Waals surface area contributed by atoms with Gasteiger partial charge in [0.2, 0.25) is 0 Å². The van der Waals surface area contributed by atoms with E-state index in [0.29, 0.717) is 11.2 Å².